The molecule has 1 atom stereocenters. The molecule has 0 spiro atoms. The van der Waals surface area contributed by atoms with E-state index in [-0.39, 0.29) is 7.43 Å². The first kappa shape index (κ1) is 23.6. The molecule has 5 nitrogen and oxygen atoms in total. The zero-order chi connectivity index (χ0) is 21.7. The van der Waals surface area contributed by atoms with Crippen molar-refractivity contribution < 1.29 is 9.84 Å². The number of H-pyrrole nitrogens is 1. The van der Waals surface area contributed by atoms with Gasteiger partial charge in [-0.25, -0.2) is 4.98 Å². The van der Waals surface area contributed by atoms with Gasteiger partial charge in [-0.3, -0.25) is 0 Å². The van der Waals surface area contributed by atoms with Crippen molar-refractivity contribution in [3.8, 4) is 11.5 Å². The molecule has 3 N–H and O–H groups in total. The Balaban J connectivity index is 0.00000289. The Morgan fingerprint density at radius 1 is 1.12 bits per heavy atom. The normalized spacial score (nSPS) is 21.3. The molecule has 2 bridgehead atoms. The molecule has 0 saturated carbocycles. The van der Waals surface area contributed by atoms with Gasteiger partial charge < -0.3 is 20.1 Å². The summed E-state index contributed by atoms with van der Waals surface area (Å²) in [5, 5.41) is 15.1. The van der Waals surface area contributed by atoms with Crippen LogP contribution in [0.2, 0.25) is 0 Å². The molecule has 0 fully saturated rings. The van der Waals surface area contributed by atoms with Gasteiger partial charge in [0.1, 0.15) is 17.1 Å². The van der Waals surface area contributed by atoms with Gasteiger partial charge in [0.15, 0.2) is 0 Å². The quantitative estimate of drug-likeness (QED) is 0.474. The molecule has 1 aliphatic heterocycles. The Morgan fingerprint density at radius 2 is 1.97 bits per heavy atom. The van der Waals surface area contributed by atoms with Crippen LogP contribution in [0.3, 0.4) is 0 Å². The minimum Gasteiger partial charge on any atom is -0.456 e. The summed E-state index contributed by atoms with van der Waals surface area (Å²) in [6.07, 6.45) is 7.38. The van der Waals surface area contributed by atoms with Crippen LogP contribution >= 0.6 is 11.8 Å². The molecule has 0 aliphatic carbocycles. The van der Waals surface area contributed by atoms with Crippen molar-refractivity contribution in [2.75, 3.05) is 13.1 Å². The van der Waals surface area contributed by atoms with Gasteiger partial charge in [-0.2, -0.15) is 0 Å². The van der Waals surface area contributed by atoms with Crippen molar-refractivity contribution in [3.63, 3.8) is 0 Å². The summed E-state index contributed by atoms with van der Waals surface area (Å²) in [6, 6.07) is 15.5. The Bertz CT molecular complexity index is 1110. The van der Waals surface area contributed by atoms with Gasteiger partial charge in [0, 0.05) is 11.4 Å². The summed E-state index contributed by atoms with van der Waals surface area (Å²) >= 11 is 1.60. The van der Waals surface area contributed by atoms with Crippen molar-refractivity contribution in [1.82, 2.24) is 15.3 Å². The SMILES string of the molecule is C.C=C/C1=C(\C=C)Sc2ccccc2Oc2cccc(c2)C(O)(c2cnc[nH]2)CCNC1. The maximum Gasteiger partial charge on any atom is 0.141 e. The van der Waals surface area contributed by atoms with Crippen molar-refractivity contribution >= 4 is 11.8 Å². The van der Waals surface area contributed by atoms with Crippen LogP contribution < -0.4 is 10.1 Å². The van der Waals surface area contributed by atoms with E-state index in [1.165, 1.54) is 0 Å². The number of fused-ring (bicyclic) bond motifs is 3. The highest BCUT2D eigenvalue weighted by Gasteiger charge is 2.33. The number of rotatable bonds is 3. The van der Waals surface area contributed by atoms with Crippen LogP contribution in [0, 0.1) is 0 Å². The molecular weight excluding hydrogens is 418 g/mol. The lowest BCUT2D eigenvalue weighted by Gasteiger charge is -2.28. The predicted octanol–water partition coefficient (Wildman–Crippen LogP) is 5.79. The number of hydrogen-bond acceptors (Lipinski definition) is 5. The fourth-order valence-corrected chi connectivity index (χ4v) is 4.55. The van der Waals surface area contributed by atoms with Crippen LogP contribution in [0.5, 0.6) is 11.5 Å². The number of aliphatic hydroxyl groups is 1. The molecule has 3 aromatic rings. The molecule has 6 heteroatoms. The van der Waals surface area contributed by atoms with E-state index in [2.05, 4.69) is 28.4 Å². The first-order chi connectivity index (χ1) is 15.1. The smallest absolute Gasteiger partial charge is 0.141 e. The van der Waals surface area contributed by atoms with Crippen LogP contribution in [0.15, 0.2) is 102 Å². The molecule has 0 saturated heterocycles. The van der Waals surface area contributed by atoms with Gasteiger partial charge >= 0.3 is 0 Å². The van der Waals surface area contributed by atoms with Crippen molar-refractivity contribution in [3.05, 3.63) is 108 Å². The largest absolute Gasteiger partial charge is 0.456 e. The molecule has 0 amide bonds. The first-order valence-electron chi connectivity index (χ1n) is 10.1. The second-order valence-corrected chi connectivity index (χ2v) is 8.31. The van der Waals surface area contributed by atoms with Gasteiger partial charge in [-0.05, 0) is 48.4 Å². The van der Waals surface area contributed by atoms with Crippen molar-refractivity contribution in [2.24, 2.45) is 0 Å². The number of aromatic amines is 1. The summed E-state index contributed by atoms with van der Waals surface area (Å²) < 4.78 is 6.26. The van der Waals surface area contributed by atoms with E-state index in [1.807, 2.05) is 60.7 Å². The highest BCUT2D eigenvalue weighted by molar-refractivity contribution is 8.03. The van der Waals surface area contributed by atoms with E-state index in [9.17, 15) is 5.11 Å². The molecule has 4 rings (SSSR count). The zero-order valence-electron chi connectivity index (χ0n) is 17.2. The summed E-state index contributed by atoms with van der Waals surface area (Å²) in [5.41, 5.74) is 1.18. The summed E-state index contributed by atoms with van der Waals surface area (Å²) in [7, 11) is 0. The van der Waals surface area contributed by atoms with E-state index in [4.69, 9.17) is 4.74 Å². The zero-order valence-corrected chi connectivity index (χ0v) is 18.0. The Morgan fingerprint density at radius 3 is 2.72 bits per heavy atom. The van der Waals surface area contributed by atoms with Gasteiger partial charge in [-0.1, -0.05) is 68.8 Å². The van der Waals surface area contributed by atoms with Crippen LogP contribution in [0.4, 0.5) is 0 Å². The first-order valence-corrected chi connectivity index (χ1v) is 10.9. The number of allylic oxidation sites excluding steroid dienone is 1. The summed E-state index contributed by atoms with van der Waals surface area (Å²) in [4.78, 5) is 9.17. The number of thioether (sulfide) groups is 1. The molecule has 2 aromatic carbocycles. The predicted molar refractivity (Wildman–Crippen MR) is 132 cm³/mol. The molecule has 1 unspecified atom stereocenters. The molecule has 166 valence electrons. The van der Waals surface area contributed by atoms with E-state index in [0.717, 1.165) is 26.7 Å². The highest BCUT2D eigenvalue weighted by Crippen LogP contribution is 2.40. The third kappa shape index (κ3) is 4.88. The second kappa shape index (κ2) is 10.5. The standard InChI is InChI=1S/C25H25N3O2S.CH4/c1-3-18-15-26-13-12-25(29,24-16-27-17-28-24)19-8-7-9-20(14-19)30-21-10-5-6-11-23(21)31-22(18)4-2;/h3-11,14,16-17,26,29H,1-2,12-13,15H2,(H,27,28);1H4/b22-18-;. The lowest BCUT2D eigenvalue weighted by Crippen LogP contribution is -2.33. The highest BCUT2D eigenvalue weighted by atomic mass is 32.2. The maximum absolute atomic E-state index is 11.7. The average Bonchev–Trinajstić information content (AvgIpc) is 3.34. The fraction of sp³-hybridized carbons (Fsp3) is 0.192. The van der Waals surface area contributed by atoms with E-state index in [1.54, 1.807) is 24.3 Å². The minimum atomic E-state index is -1.24. The van der Waals surface area contributed by atoms with Gasteiger partial charge in [0.05, 0.1) is 23.1 Å². The fourth-order valence-electron chi connectivity index (χ4n) is 3.59. The number of ether oxygens (including phenoxy) is 1. The Kier molecular flexibility index (Phi) is 7.75. The summed E-state index contributed by atoms with van der Waals surface area (Å²) in [5.74, 6) is 1.39. The maximum atomic E-state index is 11.7. The monoisotopic (exact) mass is 447 g/mol. The van der Waals surface area contributed by atoms with Crippen LogP contribution in [-0.4, -0.2) is 28.2 Å². The van der Waals surface area contributed by atoms with Crippen LogP contribution in [0.1, 0.15) is 25.1 Å². The number of nitrogens with zero attached hydrogens (tertiary/aromatic N) is 1. The second-order valence-electron chi connectivity index (χ2n) is 7.23. The Hall–Kier alpha value is -3.06. The lowest BCUT2D eigenvalue weighted by molar-refractivity contribution is 0.0671. The average molecular weight is 448 g/mol. The van der Waals surface area contributed by atoms with Crippen molar-refractivity contribution in [1.29, 1.82) is 0 Å². The van der Waals surface area contributed by atoms with Gasteiger partial charge in [0.2, 0.25) is 0 Å². The Labute approximate surface area is 194 Å². The number of hydrogen-bond donors (Lipinski definition) is 3. The molecular formula is C26H29N3O2S. The number of imidazole rings is 1. The number of aromatic nitrogens is 2. The third-order valence-corrected chi connectivity index (χ3v) is 6.49. The molecule has 2 heterocycles. The molecule has 32 heavy (non-hydrogen) atoms. The van der Waals surface area contributed by atoms with Crippen LogP contribution in [0.25, 0.3) is 0 Å². The van der Waals surface area contributed by atoms with Crippen molar-refractivity contribution in [2.45, 2.75) is 24.3 Å². The van der Waals surface area contributed by atoms with E-state index < -0.39 is 5.60 Å². The molecule has 0 radical (unpaired) electrons. The minimum absolute atomic E-state index is 0. The topological polar surface area (TPSA) is 70.2 Å². The summed E-state index contributed by atoms with van der Waals surface area (Å²) in [6.45, 7) is 9.16. The number of benzene rings is 2. The molecule has 1 aliphatic rings. The molecule has 1 aromatic heterocycles. The third-order valence-electron chi connectivity index (χ3n) is 5.28. The number of para-hydroxylation sites is 1. The van der Waals surface area contributed by atoms with E-state index >= 15 is 0 Å². The van der Waals surface area contributed by atoms with Crippen LogP contribution in [-0.2, 0) is 5.60 Å². The lowest BCUT2D eigenvalue weighted by atomic mass is 9.87. The number of nitrogens with one attached hydrogen (secondary N) is 2. The van der Waals surface area contributed by atoms with E-state index in [0.29, 0.717) is 31.0 Å². The van der Waals surface area contributed by atoms with Gasteiger partial charge in [0.25, 0.3) is 0 Å². The van der Waals surface area contributed by atoms with Gasteiger partial charge in [-0.15, -0.1) is 0 Å².